The van der Waals surface area contributed by atoms with E-state index in [1.54, 1.807) is 0 Å². The highest BCUT2D eigenvalue weighted by atomic mass is 35.5. The van der Waals surface area contributed by atoms with Crippen LogP contribution in [0.5, 0.6) is 0 Å². The molecule has 0 bridgehead atoms. The number of nitrogens with zero attached hydrogens (tertiary/aromatic N) is 1. The Kier molecular flexibility index (Phi) is 6.70. The molecule has 0 spiro atoms. The van der Waals surface area contributed by atoms with Gasteiger partial charge in [0.15, 0.2) is 0 Å². The first kappa shape index (κ1) is 15.1. The summed E-state index contributed by atoms with van der Waals surface area (Å²) < 4.78 is 27.3. The monoisotopic (exact) mass is 257 g/mol. The van der Waals surface area contributed by atoms with Gasteiger partial charge in [-0.25, -0.2) is 4.72 Å². The van der Waals surface area contributed by atoms with E-state index in [9.17, 15) is 8.42 Å². The number of piperidine rings is 1. The Morgan fingerprint density at radius 3 is 2.73 bits per heavy atom. The van der Waals surface area contributed by atoms with Crippen molar-refractivity contribution in [2.75, 3.05) is 19.6 Å². The summed E-state index contributed by atoms with van der Waals surface area (Å²) in [5.74, 6) is 0. The molecule has 1 aliphatic heterocycles. The maximum Gasteiger partial charge on any atom is 0.279 e. The topological polar surface area (TPSA) is 75.4 Å². The lowest BCUT2D eigenvalue weighted by Crippen LogP contribution is -2.49. The number of nitrogens with one attached hydrogen (secondary N) is 1. The summed E-state index contributed by atoms with van der Waals surface area (Å²) in [6.45, 7) is 3.46. The quantitative estimate of drug-likeness (QED) is 0.749. The molecule has 5 nitrogen and oxygen atoms in total. The van der Waals surface area contributed by atoms with Crippen LogP contribution in [-0.4, -0.2) is 38.4 Å². The molecular weight excluding hydrogens is 238 g/mol. The normalized spacial score (nSPS) is 23.5. The molecule has 1 atom stereocenters. The number of halogens is 1. The van der Waals surface area contributed by atoms with Crippen molar-refractivity contribution in [3.8, 4) is 0 Å². The van der Waals surface area contributed by atoms with E-state index in [2.05, 4.69) is 4.72 Å². The van der Waals surface area contributed by atoms with Crippen molar-refractivity contribution < 1.29 is 8.42 Å². The molecule has 0 aromatic carbocycles. The third kappa shape index (κ3) is 4.65. The van der Waals surface area contributed by atoms with E-state index in [-0.39, 0.29) is 18.4 Å². The molecule has 1 heterocycles. The lowest BCUT2D eigenvalue weighted by Gasteiger charge is -2.29. The van der Waals surface area contributed by atoms with Crippen LogP contribution >= 0.6 is 12.4 Å². The molecule has 3 N–H and O–H groups in total. The molecule has 1 saturated heterocycles. The van der Waals surface area contributed by atoms with Gasteiger partial charge in [0.1, 0.15) is 0 Å². The highest BCUT2D eigenvalue weighted by Gasteiger charge is 2.26. The van der Waals surface area contributed by atoms with Crippen LogP contribution < -0.4 is 10.5 Å². The molecule has 1 aliphatic rings. The first-order valence-corrected chi connectivity index (χ1v) is 6.50. The van der Waals surface area contributed by atoms with Crippen LogP contribution in [0.4, 0.5) is 0 Å². The summed E-state index contributed by atoms with van der Waals surface area (Å²) in [6, 6.07) is -0.0121. The van der Waals surface area contributed by atoms with Gasteiger partial charge in [0, 0.05) is 25.7 Å². The zero-order valence-corrected chi connectivity index (χ0v) is 10.6. The van der Waals surface area contributed by atoms with Crippen LogP contribution in [-0.2, 0) is 10.2 Å². The molecule has 0 aliphatic carbocycles. The Morgan fingerprint density at radius 1 is 1.53 bits per heavy atom. The van der Waals surface area contributed by atoms with Gasteiger partial charge in [-0.3, -0.25) is 0 Å². The second-order valence-electron chi connectivity index (χ2n) is 3.66. The standard InChI is InChI=1S/C8H19N3O2S.ClH/c1-2-5-10-14(12,13)11-6-3-4-8(9)7-11;/h8,10H,2-7,9H2,1H3;1H/t8-;/m1./s1. The van der Waals surface area contributed by atoms with E-state index >= 15 is 0 Å². The lowest BCUT2D eigenvalue weighted by molar-refractivity contribution is 0.312. The van der Waals surface area contributed by atoms with Crippen molar-refractivity contribution in [3.05, 3.63) is 0 Å². The van der Waals surface area contributed by atoms with Gasteiger partial charge in [-0.2, -0.15) is 12.7 Å². The molecule has 0 saturated carbocycles. The van der Waals surface area contributed by atoms with E-state index < -0.39 is 10.2 Å². The average Bonchev–Trinajstić information content (AvgIpc) is 2.15. The smallest absolute Gasteiger partial charge is 0.279 e. The fraction of sp³-hybridized carbons (Fsp3) is 1.00. The third-order valence-electron chi connectivity index (χ3n) is 2.29. The van der Waals surface area contributed by atoms with Gasteiger partial charge in [-0.1, -0.05) is 6.92 Å². The van der Waals surface area contributed by atoms with Crippen LogP contribution in [0.25, 0.3) is 0 Å². The van der Waals surface area contributed by atoms with Crippen LogP contribution in [0.3, 0.4) is 0 Å². The van der Waals surface area contributed by atoms with Crippen molar-refractivity contribution in [1.29, 1.82) is 0 Å². The number of nitrogens with two attached hydrogens (primary N) is 1. The minimum Gasteiger partial charge on any atom is -0.327 e. The minimum absolute atomic E-state index is 0. The van der Waals surface area contributed by atoms with Gasteiger partial charge >= 0.3 is 0 Å². The van der Waals surface area contributed by atoms with Gasteiger partial charge < -0.3 is 5.73 Å². The second kappa shape index (κ2) is 6.65. The maximum absolute atomic E-state index is 11.6. The van der Waals surface area contributed by atoms with Crippen LogP contribution in [0.2, 0.25) is 0 Å². The Labute approximate surface area is 98.0 Å². The first-order valence-electron chi connectivity index (χ1n) is 5.06. The molecule has 0 aromatic rings. The van der Waals surface area contributed by atoms with E-state index in [0.717, 1.165) is 19.3 Å². The number of hydrogen-bond donors (Lipinski definition) is 2. The summed E-state index contributed by atoms with van der Waals surface area (Å²) in [5.41, 5.74) is 5.72. The first-order chi connectivity index (χ1) is 6.56. The second-order valence-corrected chi connectivity index (χ2v) is 5.41. The van der Waals surface area contributed by atoms with E-state index in [1.165, 1.54) is 4.31 Å². The van der Waals surface area contributed by atoms with Crippen molar-refractivity contribution in [2.24, 2.45) is 5.73 Å². The number of hydrogen-bond acceptors (Lipinski definition) is 3. The zero-order valence-electron chi connectivity index (χ0n) is 8.98. The Hall–Kier alpha value is 0.120. The molecule has 1 fully saturated rings. The van der Waals surface area contributed by atoms with Crippen LogP contribution in [0.1, 0.15) is 26.2 Å². The van der Waals surface area contributed by atoms with Crippen molar-refractivity contribution in [1.82, 2.24) is 9.03 Å². The van der Waals surface area contributed by atoms with Crippen molar-refractivity contribution in [2.45, 2.75) is 32.2 Å². The third-order valence-corrected chi connectivity index (χ3v) is 3.88. The van der Waals surface area contributed by atoms with Gasteiger partial charge in [-0.15, -0.1) is 12.4 Å². The van der Waals surface area contributed by atoms with E-state index in [1.807, 2.05) is 6.92 Å². The van der Waals surface area contributed by atoms with Gasteiger partial charge in [-0.05, 0) is 19.3 Å². The molecule has 15 heavy (non-hydrogen) atoms. The predicted octanol–water partition coefficient (Wildman–Crippen LogP) is 0.0757. The summed E-state index contributed by atoms with van der Waals surface area (Å²) in [6.07, 6.45) is 2.58. The fourth-order valence-corrected chi connectivity index (χ4v) is 2.92. The average molecular weight is 258 g/mol. The Balaban J connectivity index is 0.00000196. The highest BCUT2D eigenvalue weighted by molar-refractivity contribution is 7.87. The van der Waals surface area contributed by atoms with Crippen LogP contribution in [0, 0.1) is 0 Å². The summed E-state index contributed by atoms with van der Waals surface area (Å²) in [4.78, 5) is 0. The highest BCUT2D eigenvalue weighted by Crippen LogP contribution is 2.11. The van der Waals surface area contributed by atoms with Gasteiger partial charge in [0.2, 0.25) is 0 Å². The molecule has 0 unspecified atom stereocenters. The fourth-order valence-electron chi connectivity index (χ4n) is 1.51. The summed E-state index contributed by atoms with van der Waals surface area (Å²) in [7, 11) is -3.28. The molecule has 1 rings (SSSR count). The Morgan fingerprint density at radius 2 is 2.20 bits per heavy atom. The molecular formula is C8H20ClN3O2S. The molecule has 0 aromatic heterocycles. The SMILES string of the molecule is CCCNS(=O)(=O)N1CCC[C@@H](N)C1.Cl. The number of rotatable bonds is 4. The van der Waals surface area contributed by atoms with E-state index in [4.69, 9.17) is 5.73 Å². The summed E-state index contributed by atoms with van der Waals surface area (Å²) in [5, 5.41) is 0. The maximum atomic E-state index is 11.6. The zero-order chi connectivity index (χ0) is 10.6. The lowest BCUT2D eigenvalue weighted by atomic mass is 10.1. The van der Waals surface area contributed by atoms with Gasteiger partial charge in [0.05, 0.1) is 0 Å². The van der Waals surface area contributed by atoms with Crippen molar-refractivity contribution in [3.63, 3.8) is 0 Å². The largest absolute Gasteiger partial charge is 0.327 e. The molecule has 0 amide bonds. The van der Waals surface area contributed by atoms with Gasteiger partial charge in [0.25, 0.3) is 10.2 Å². The molecule has 92 valence electrons. The Bertz CT molecular complexity index is 271. The van der Waals surface area contributed by atoms with Crippen molar-refractivity contribution >= 4 is 22.6 Å². The minimum atomic E-state index is -3.28. The molecule has 7 heteroatoms. The van der Waals surface area contributed by atoms with E-state index in [0.29, 0.717) is 19.6 Å². The molecule has 0 radical (unpaired) electrons. The summed E-state index contributed by atoms with van der Waals surface area (Å²) >= 11 is 0. The predicted molar refractivity (Wildman–Crippen MR) is 63.2 cm³/mol. The van der Waals surface area contributed by atoms with Crippen LogP contribution in [0.15, 0.2) is 0 Å².